The predicted molar refractivity (Wildman–Crippen MR) is 93.4 cm³/mol. The van der Waals surface area contributed by atoms with Crippen molar-refractivity contribution in [3.8, 4) is 0 Å². The molecule has 23 heavy (non-hydrogen) atoms. The fourth-order valence-corrected chi connectivity index (χ4v) is 3.39. The highest BCUT2D eigenvalue weighted by molar-refractivity contribution is 5.78. The second-order valence-corrected chi connectivity index (χ2v) is 6.54. The summed E-state index contributed by atoms with van der Waals surface area (Å²) in [6, 6.07) is 8.42. The molecule has 0 radical (unpaired) electrons. The molecular weight excluding hydrogens is 288 g/mol. The molecular formula is C19H30N2O2. The summed E-state index contributed by atoms with van der Waals surface area (Å²) in [6.07, 6.45) is 4.53. The third kappa shape index (κ3) is 5.33. The number of nitrogens with one attached hydrogen (secondary N) is 1. The van der Waals surface area contributed by atoms with Crippen molar-refractivity contribution in [2.45, 2.75) is 58.1 Å². The largest absolute Gasteiger partial charge is 0.392 e. The molecule has 1 fully saturated rings. The molecule has 1 aliphatic heterocycles. The van der Waals surface area contributed by atoms with Crippen molar-refractivity contribution in [3.05, 3.63) is 35.4 Å². The van der Waals surface area contributed by atoms with Gasteiger partial charge in [-0.1, -0.05) is 37.6 Å². The van der Waals surface area contributed by atoms with E-state index in [0.29, 0.717) is 13.1 Å². The lowest BCUT2D eigenvalue weighted by molar-refractivity contribution is -0.124. The zero-order valence-corrected chi connectivity index (χ0v) is 14.4. The molecule has 0 aliphatic carbocycles. The van der Waals surface area contributed by atoms with Gasteiger partial charge >= 0.3 is 0 Å². The predicted octanol–water partition coefficient (Wildman–Crippen LogP) is 2.28. The number of aryl methyl sites for hydroxylation is 1. The van der Waals surface area contributed by atoms with Gasteiger partial charge in [0.2, 0.25) is 5.91 Å². The van der Waals surface area contributed by atoms with Gasteiger partial charge in [0.15, 0.2) is 0 Å². The first-order chi connectivity index (χ1) is 11.1. The van der Waals surface area contributed by atoms with E-state index >= 15 is 0 Å². The molecule has 0 spiro atoms. The van der Waals surface area contributed by atoms with Crippen LogP contribution in [0.2, 0.25) is 0 Å². The van der Waals surface area contributed by atoms with Crippen molar-refractivity contribution >= 4 is 5.91 Å². The van der Waals surface area contributed by atoms with E-state index in [1.54, 1.807) is 0 Å². The minimum absolute atomic E-state index is 0.0637. The average Bonchev–Trinajstić information content (AvgIpc) is 2.56. The number of carbonyl (C=O) groups excluding carboxylic acids is 1. The molecule has 2 atom stereocenters. The highest BCUT2D eigenvalue weighted by Crippen LogP contribution is 2.20. The summed E-state index contributed by atoms with van der Waals surface area (Å²) < 4.78 is 0. The molecule has 2 unspecified atom stereocenters. The molecule has 1 aliphatic rings. The molecule has 2 rings (SSSR count). The summed E-state index contributed by atoms with van der Waals surface area (Å²) in [7, 11) is 0. The fraction of sp³-hybridized carbons (Fsp3) is 0.632. The molecule has 1 heterocycles. The number of nitrogens with zero attached hydrogens (tertiary/aromatic N) is 1. The van der Waals surface area contributed by atoms with E-state index in [2.05, 4.69) is 29.3 Å². The monoisotopic (exact) mass is 318 g/mol. The lowest BCUT2D eigenvalue weighted by atomic mass is 9.96. The van der Waals surface area contributed by atoms with Crippen LogP contribution >= 0.6 is 0 Å². The molecule has 0 aromatic heterocycles. The number of carbonyl (C=O) groups is 1. The van der Waals surface area contributed by atoms with Crippen LogP contribution in [0.4, 0.5) is 0 Å². The molecule has 1 aromatic carbocycles. The summed E-state index contributed by atoms with van der Waals surface area (Å²) in [5.74, 6) is 0.0637. The number of aliphatic hydroxyl groups is 1. The van der Waals surface area contributed by atoms with Gasteiger partial charge in [-0.3, -0.25) is 9.69 Å². The SMILES string of the molecule is CCC(O)C1CCCCN1CC(=O)NCCc1ccccc1C. The number of aliphatic hydroxyl groups excluding tert-OH is 1. The molecule has 2 N–H and O–H groups in total. The maximum atomic E-state index is 12.2. The van der Waals surface area contributed by atoms with Crippen LogP contribution in [0.5, 0.6) is 0 Å². The van der Waals surface area contributed by atoms with Crippen LogP contribution in [0.25, 0.3) is 0 Å². The third-order valence-corrected chi connectivity index (χ3v) is 4.85. The Labute approximate surface area is 139 Å². The Morgan fingerprint density at radius 3 is 2.91 bits per heavy atom. The fourth-order valence-electron chi connectivity index (χ4n) is 3.39. The van der Waals surface area contributed by atoms with E-state index in [1.807, 2.05) is 19.1 Å². The number of piperidine rings is 1. The van der Waals surface area contributed by atoms with E-state index in [1.165, 1.54) is 11.1 Å². The first kappa shape index (κ1) is 18.0. The Kier molecular flexibility index (Phi) is 7.06. The van der Waals surface area contributed by atoms with Gasteiger partial charge < -0.3 is 10.4 Å². The van der Waals surface area contributed by atoms with Crippen LogP contribution in [0.1, 0.15) is 43.7 Å². The van der Waals surface area contributed by atoms with Gasteiger partial charge in [0.1, 0.15) is 0 Å². The van der Waals surface area contributed by atoms with Crippen LogP contribution in [0, 0.1) is 6.92 Å². The summed E-state index contributed by atoms with van der Waals surface area (Å²) in [5, 5.41) is 13.2. The lowest BCUT2D eigenvalue weighted by Crippen LogP contribution is -2.50. The summed E-state index contributed by atoms with van der Waals surface area (Å²) in [5.41, 5.74) is 2.55. The molecule has 4 nitrogen and oxygen atoms in total. The number of likely N-dealkylation sites (tertiary alicyclic amines) is 1. The van der Waals surface area contributed by atoms with Gasteiger partial charge in [-0.15, -0.1) is 0 Å². The molecule has 1 saturated heterocycles. The second kappa shape index (κ2) is 9.04. The number of benzene rings is 1. The Balaban J connectivity index is 1.78. The van der Waals surface area contributed by atoms with Crippen molar-refractivity contribution in [2.75, 3.05) is 19.6 Å². The van der Waals surface area contributed by atoms with E-state index in [9.17, 15) is 9.90 Å². The van der Waals surface area contributed by atoms with E-state index in [4.69, 9.17) is 0 Å². The minimum atomic E-state index is -0.324. The lowest BCUT2D eigenvalue weighted by Gasteiger charge is -2.37. The van der Waals surface area contributed by atoms with Gasteiger partial charge in [0, 0.05) is 12.6 Å². The van der Waals surface area contributed by atoms with Crippen molar-refractivity contribution in [1.29, 1.82) is 0 Å². The minimum Gasteiger partial charge on any atom is -0.392 e. The van der Waals surface area contributed by atoms with Crippen LogP contribution < -0.4 is 5.32 Å². The standard InChI is InChI=1S/C19H30N2O2/c1-3-18(22)17-10-6-7-13-21(17)14-19(23)20-12-11-16-9-5-4-8-15(16)2/h4-5,8-9,17-18,22H,3,6-7,10-14H2,1-2H3,(H,20,23). The first-order valence-corrected chi connectivity index (χ1v) is 8.85. The third-order valence-electron chi connectivity index (χ3n) is 4.85. The van der Waals surface area contributed by atoms with E-state index in [0.717, 1.165) is 38.6 Å². The second-order valence-electron chi connectivity index (χ2n) is 6.54. The Hall–Kier alpha value is -1.39. The van der Waals surface area contributed by atoms with Crippen LogP contribution in [0.3, 0.4) is 0 Å². The first-order valence-electron chi connectivity index (χ1n) is 8.85. The zero-order valence-electron chi connectivity index (χ0n) is 14.4. The summed E-state index contributed by atoms with van der Waals surface area (Å²) in [6.45, 7) is 6.07. The van der Waals surface area contributed by atoms with Crippen molar-refractivity contribution in [2.24, 2.45) is 0 Å². The average molecular weight is 318 g/mol. The maximum absolute atomic E-state index is 12.2. The topological polar surface area (TPSA) is 52.6 Å². The number of rotatable bonds is 7. The van der Waals surface area contributed by atoms with E-state index in [-0.39, 0.29) is 18.1 Å². The van der Waals surface area contributed by atoms with Gasteiger partial charge in [-0.05, 0) is 50.3 Å². The zero-order chi connectivity index (χ0) is 16.7. The molecule has 4 heteroatoms. The Morgan fingerprint density at radius 2 is 2.17 bits per heavy atom. The summed E-state index contributed by atoms with van der Waals surface area (Å²) in [4.78, 5) is 14.4. The highest BCUT2D eigenvalue weighted by atomic mass is 16.3. The van der Waals surface area contributed by atoms with E-state index < -0.39 is 0 Å². The van der Waals surface area contributed by atoms with Gasteiger partial charge in [0.05, 0.1) is 12.6 Å². The van der Waals surface area contributed by atoms with Crippen LogP contribution in [-0.2, 0) is 11.2 Å². The molecule has 128 valence electrons. The molecule has 0 bridgehead atoms. The number of hydrogen-bond acceptors (Lipinski definition) is 3. The van der Waals surface area contributed by atoms with Gasteiger partial charge in [-0.2, -0.15) is 0 Å². The quantitative estimate of drug-likeness (QED) is 0.811. The van der Waals surface area contributed by atoms with Crippen molar-refractivity contribution in [3.63, 3.8) is 0 Å². The van der Waals surface area contributed by atoms with Crippen LogP contribution in [0.15, 0.2) is 24.3 Å². The van der Waals surface area contributed by atoms with Crippen LogP contribution in [-0.4, -0.2) is 47.7 Å². The normalized spacial score (nSPS) is 20.2. The Morgan fingerprint density at radius 1 is 1.39 bits per heavy atom. The van der Waals surface area contributed by atoms with Gasteiger partial charge in [0.25, 0.3) is 0 Å². The molecule has 1 amide bonds. The smallest absolute Gasteiger partial charge is 0.234 e. The Bertz CT molecular complexity index is 504. The maximum Gasteiger partial charge on any atom is 0.234 e. The number of amides is 1. The highest BCUT2D eigenvalue weighted by Gasteiger charge is 2.28. The van der Waals surface area contributed by atoms with Crippen molar-refractivity contribution in [1.82, 2.24) is 10.2 Å². The molecule has 0 saturated carbocycles. The molecule has 1 aromatic rings. The van der Waals surface area contributed by atoms with Gasteiger partial charge in [-0.25, -0.2) is 0 Å². The number of hydrogen-bond donors (Lipinski definition) is 2. The summed E-state index contributed by atoms with van der Waals surface area (Å²) >= 11 is 0. The van der Waals surface area contributed by atoms with Crippen molar-refractivity contribution < 1.29 is 9.90 Å².